The van der Waals surface area contributed by atoms with Crippen LogP contribution in [0.25, 0.3) is 0 Å². The number of allylic oxidation sites excluding steroid dienone is 4. The Labute approximate surface area is 130 Å². The smallest absolute Gasteiger partial charge is 0.338 e. The van der Waals surface area contributed by atoms with Gasteiger partial charge in [-0.15, -0.1) is 0 Å². The molecule has 2 aliphatic rings. The summed E-state index contributed by atoms with van der Waals surface area (Å²) >= 11 is 0. The molecule has 118 valence electrons. The third-order valence-electron chi connectivity index (χ3n) is 3.87. The van der Waals surface area contributed by atoms with Crippen LogP contribution in [-0.4, -0.2) is 23.7 Å². The average Bonchev–Trinajstić information content (AvgIpc) is 3.07. The summed E-state index contributed by atoms with van der Waals surface area (Å²) in [6, 6.07) is 0. The second-order valence-electron chi connectivity index (χ2n) is 5.53. The van der Waals surface area contributed by atoms with Crippen molar-refractivity contribution < 1.29 is 19.4 Å². The Kier molecular flexibility index (Phi) is 5.75. The van der Waals surface area contributed by atoms with Gasteiger partial charge in [0.05, 0.1) is 17.8 Å². The first-order valence-corrected chi connectivity index (χ1v) is 7.90. The monoisotopic (exact) mass is 302 g/mol. The summed E-state index contributed by atoms with van der Waals surface area (Å²) in [4.78, 5) is 23.3. The molecule has 4 nitrogen and oxygen atoms in total. The molecule has 0 aliphatic heterocycles. The molecule has 0 saturated heterocycles. The molecule has 0 aromatic rings. The molecule has 22 heavy (non-hydrogen) atoms. The second-order valence-corrected chi connectivity index (χ2v) is 5.53. The maximum Gasteiger partial charge on any atom is 0.338 e. The van der Waals surface area contributed by atoms with Crippen LogP contribution >= 0.6 is 0 Å². The minimum absolute atomic E-state index is 0.159. The second kappa shape index (κ2) is 7.78. The Hall–Kier alpha value is -2.10. The third-order valence-corrected chi connectivity index (χ3v) is 3.87. The van der Waals surface area contributed by atoms with E-state index in [1.54, 1.807) is 18.2 Å². The molecule has 1 N–H and O–H groups in total. The maximum atomic E-state index is 12.1. The van der Waals surface area contributed by atoms with Crippen LogP contribution in [-0.2, 0) is 14.3 Å². The third kappa shape index (κ3) is 3.75. The van der Waals surface area contributed by atoms with E-state index in [1.807, 2.05) is 0 Å². The molecule has 0 spiro atoms. The van der Waals surface area contributed by atoms with E-state index in [4.69, 9.17) is 9.84 Å². The summed E-state index contributed by atoms with van der Waals surface area (Å²) in [6.07, 6.45) is 13.4. The first-order chi connectivity index (χ1) is 10.6. The van der Waals surface area contributed by atoms with Crippen LogP contribution in [0.3, 0.4) is 0 Å². The lowest BCUT2D eigenvalue weighted by atomic mass is 10.0. The summed E-state index contributed by atoms with van der Waals surface area (Å²) in [7, 11) is 0. The van der Waals surface area contributed by atoms with Gasteiger partial charge in [0.2, 0.25) is 0 Å². The molecule has 0 atom stereocenters. The SMILES string of the molecule is CCCCCCCCOC(=O)C1=CC=C2C=CC(C(=O)O)=C21. The molecule has 0 amide bonds. The summed E-state index contributed by atoms with van der Waals surface area (Å²) in [5.41, 5.74) is 1.76. The topological polar surface area (TPSA) is 63.6 Å². The lowest BCUT2D eigenvalue weighted by Gasteiger charge is -2.08. The summed E-state index contributed by atoms with van der Waals surface area (Å²) < 4.78 is 5.27. The number of hydrogen-bond acceptors (Lipinski definition) is 3. The Balaban J connectivity index is 1.80. The van der Waals surface area contributed by atoms with Gasteiger partial charge in [-0.05, 0) is 24.1 Å². The number of hydrogen-bond donors (Lipinski definition) is 1. The van der Waals surface area contributed by atoms with Crippen LogP contribution in [0.4, 0.5) is 0 Å². The minimum Gasteiger partial charge on any atom is -0.478 e. The molecular formula is C18H22O4. The molecule has 0 unspecified atom stereocenters. The van der Waals surface area contributed by atoms with E-state index < -0.39 is 11.9 Å². The van der Waals surface area contributed by atoms with E-state index in [0.29, 0.717) is 17.8 Å². The molecular weight excluding hydrogens is 280 g/mol. The van der Waals surface area contributed by atoms with E-state index in [0.717, 1.165) is 24.8 Å². The minimum atomic E-state index is -1.02. The Morgan fingerprint density at radius 2 is 1.77 bits per heavy atom. The number of carboxylic acid groups (broad SMARTS) is 1. The normalized spacial score (nSPS) is 15.7. The zero-order valence-electron chi connectivity index (χ0n) is 12.9. The Morgan fingerprint density at radius 3 is 2.50 bits per heavy atom. The van der Waals surface area contributed by atoms with Gasteiger partial charge >= 0.3 is 11.9 Å². The lowest BCUT2D eigenvalue weighted by molar-refractivity contribution is -0.138. The quantitative estimate of drug-likeness (QED) is 0.521. The summed E-state index contributed by atoms with van der Waals surface area (Å²) in [5, 5.41) is 9.16. The predicted molar refractivity (Wildman–Crippen MR) is 84.3 cm³/mol. The maximum absolute atomic E-state index is 12.1. The van der Waals surface area contributed by atoms with E-state index in [1.165, 1.54) is 25.3 Å². The van der Waals surface area contributed by atoms with Gasteiger partial charge in [0.15, 0.2) is 0 Å². The number of aliphatic carboxylic acids is 1. The largest absolute Gasteiger partial charge is 0.478 e. The number of carbonyl (C=O) groups is 2. The molecule has 0 aromatic heterocycles. The van der Waals surface area contributed by atoms with Gasteiger partial charge in [-0.2, -0.15) is 0 Å². The van der Waals surface area contributed by atoms with E-state index in [9.17, 15) is 9.59 Å². The van der Waals surface area contributed by atoms with Crippen LogP contribution in [0.1, 0.15) is 45.4 Å². The number of carboxylic acids is 1. The van der Waals surface area contributed by atoms with Gasteiger partial charge in [-0.25, -0.2) is 9.59 Å². The van der Waals surface area contributed by atoms with Crippen molar-refractivity contribution in [3.05, 3.63) is 46.6 Å². The summed E-state index contributed by atoms with van der Waals surface area (Å²) in [6.45, 7) is 2.57. The highest BCUT2D eigenvalue weighted by molar-refractivity contribution is 6.05. The highest BCUT2D eigenvalue weighted by Gasteiger charge is 2.29. The fourth-order valence-electron chi connectivity index (χ4n) is 2.66. The molecule has 2 rings (SSSR count). The molecule has 0 aromatic carbocycles. The Morgan fingerprint density at radius 1 is 1.05 bits per heavy atom. The van der Waals surface area contributed by atoms with Crippen molar-refractivity contribution in [1.82, 2.24) is 0 Å². The molecule has 0 heterocycles. The zero-order chi connectivity index (χ0) is 15.9. The van der Waals surface area contributed by atoms with Crippen molar-refractivity contribution in [2.75, 3.05) is 6.61 Å². The summed E-state index contributed by atoms with van der Waals surface area (Å²) in [5.74, 6) is -1.46. The standard InChI is InChI=1S/C18H22O4/c1-2-3-4-5-6-7-12-22-18(21)15-11-9-13-8-10-14(16(13)15)17(19)20/h8-11H,2-7,12H2,1H3,(H,19,20). The number of ether oxygens (including phenoxy) is 1. The number of esters is 1. The van der Waals surface area contributed by atoms with Crippen LogP contribution in [0.2, 0.25) is 0 Å². The highest BCUT2D eigenvalue weighted by Crippen LogP contribution is 2.36. The van der Waals surface area contributed by atoms with Gasteiger partial charge in [0.1, 0.15) is 0 Å². The first kappa shape index (κ1) is 16.3. The number of fused-ring (bicyclic) bond motifs is 1. The van der Waals surface area contributed by atoms with Crippen LogP contribution in [0, 0.1) is 0 Å². The van der Waals surface area contributed by atoms with Gasteiger partial charge in [-0.3, -0.25) is 0 Å². The molecule has 0 radical (unpaired) electrons. The number of rotatable bonds is 9. The number of unbranched alkanes of at least 4 members (excludes halogenated alkanes) is 5. The van der Waals surface area contributed by atoms with Crippen LogP contribution in [0.15, 0.2) is 46.6 Å². The van der Waals surface area contributed by atoms with Gasteiger partial charge in [0, 0.05) is 5.57 Å². The van der Waals surface area contributed by atoms with Gasteiger partial charge in [0.25, 0.3) is 0 Å². The molecule has 0 fully saturated rings. The number of carbonyl (C=O) groups excluding carboxylic acids is 1. The molecule has 0 saturated carbocycles. The van der Waals surface area contributed by atoms with E-state index in [2.05, 4.69) is 6.92 Å². The molecule has 2 aliphatic carbocycles. The molecule has 0 bridgehead atoms. The fraction of sp³-hybridized carbons (Fsp3) is 0.444. The van der Waals surface area contributed by atoms with E-state index in [-0.39, 0.29) is 5.57 Å². The van der Waals surface area contributed by atoms with Crippen molar-refractivity contribution in [1.29, 1.82) is 0 Å². The van der Waals surface area contributed by atoms with Crippen LogP contribution < -0.4 is 0 Å². The van der Waals surface area contributed by atoms with Crippen LogP contribution in [0.5, 0.6) is 0 Å². The molecule has 4 heteroatoms. The van der Waals surface area contributed by atoms with Gasteiger partial charge < -0.3 is 9.84 Å². The fourth-order valence-corrected chi connectivity index (χ4v) is 2.66. The van der Waals surface area contributed by atoms with Crippen molar-refractivity contribution in [2.45, 2.75) is 45.4 Å². The predicted octanol–water partition coefficient (Wildman–Crippen LogP) is 3.71. The van der Waals surface area contributed by atoms with Crippen molar-refractivity contribution in [2.24, 2.45) is 0 Å². The van der Waals surface area contributed by atoms with Gasteiger partial charge in [-0.1, -0.05) is 51.2 Å². The first-order valence-electron chi connectivity index (χ1n) is 7.90. The van der Waals surface area contributed by atoms with Crippen molar-refractivity contribution >= 4 is 11.9 Å². The lowest BCUT2D eigenvalue weighted by Crippen LogP contribution is -2.12. The van der Waals surface area contributed by atoms with E-state index >= 15 is 0 Å². The zero-order valence-corrected chi connectivity index (χ0v) is 12.9. The van der Waals surface area contributed by atoms with Crippen molar-refractivity contribution in [3.63, 3.8) is 0 Å². The Bertz CT molecular complexity index is 576. The highest BCUT2D eigenvalue weighted by atomic mass is 16.5. The van der Waals surface area contributed by atoms with Crippen molar-refractivity contribution in [3.8, 4) is 0 Å². The average molecular weight is 302 g/mol.